The van der Waals surface area contributed by atoms with Crippen LogP contribution in [0.5, 0.6) is 11.5 Å². The van der Waals surface area contributed by atoms with Gasteiger partial charge in [0.1, 0.15) is 17.2 Å². The Morgan fingerprint density at radius 2 is 1.74 bits per heavy atom. The minimum atomic E-state index is -1.14. The van der Waals surface area contributed by atoms with Gasteiger partial charge in [0.25, 0.3) is 0 Å². The van der Waals surface area contributed by atoms with Crippen molar-refractivity contribution in [1.29, 1.82) is 0 Å². The summed E-state index contributed by atoms with van der Waals surface area (Å²) in [6.07, 6.45) is 6.52. The highest BCUT2D eigenvalue weighted by Gasteiger charge is 2.18. The Balaban J connectivity index is 0.000000369. The third-order valence-corrected chi connectivity index (χ3v) is 3.78. The van der Waals surface area contributed by atoms with Crippen LogP contribution in [0.25, 0.3) is 12.2 Å². The molecule has 1 fully saturated rings. The summed E-state index contributed by atoms with van der Waals surface area (Å²) in [4.78, 5) is 36.3. The number of nitrogens with one attached hydrogen (secondary N) is 3. The van der Waals surface area contributed by atoms with Crippen molar-refractivity contribution in [1.82, 2.24) is 15.3 Å². The molecule has 10 heteroatoms. The lowest BCUT2D eigenvalue weighted by molar-refractivity contribution is -0.386. The standard InChI is InChI=1S/C12H9N3O6.C5H11N/c16-7-2-4-9(17)6(5-7)1-3-8-10(15(20)21)11(18)14-12(19)13-8;1-2-4-6-5-3-1/h1-5,16-17H,(H2,13,14,18,19);6H,1-5H2/b3-1+;. The van der Waals surface area contributed by atoms with Crippen molar-refractivity contribution in [3.63, 3.8) is 0 Å². The first-order valence-corrected chi connectivity index (χ1v) is 8.30. The zero-order valence-corrected chi connectivity index (χ0v) is 14.4. The van der Waals surface area contributed by atoms with Gasteiger partial charge in [0, 0.05) is 5.56 Å². The highest BCUT2D eigenvalue weighted by Crippen LogP contribution is 2.24. The monoisotopic (exact) mass is 376 g/mol. The molecular formula is C17H20N4O6. The number of aromatic nitrogens is 2. The van der Waals surface area contributed by atoms with E-state index in [1.807, 2.05) is 0 Å². The van der Waals surface area contributed by atoms with Crippen molar-refractivity contribution in [2.45, 2.75) is 19.3 Å². The zero-order chi connectivity index (χ0) is 19.8. The average molecular weight is 376 g/mol. The Morgan fingerprint density at radius 3 is 2.30 bits per heavy atom. The summed E-state index contributed by atoms with van der Waals surface area (Å²) in [5.41, 5.74) is -3.03. The highest BCUT2D eigenvalue weighted by atomic mass is 16.6. The van der Waals surface area contributed by atoms with Gasteiger partial charge >= 0.3 is 16.9 Å². The van der Waals surface area contributed by atoms with Gasteiger partial charge in [-0.3, -0.25) is 19.9 Å². The summed E-state index contributed by atoms with van der Waals surface area (Å²) in [5, 5.41) is 33.0. The zero-order valence-electron chi connectivity index (χ0n) is 14.4. The number of H-pyrrole nitrogens is 2. The topological polar surface area (TPSA) is 161 Å². The van der Waals surface area contributed by atoms with Crippen LogP contribution in [-0.2, 0) is 0 Å². The molecular weight excluding hydrogens is 356 g/mol. The fourth-order valence-corrected chi connectivity index (χ4v) is 2.45. The van der Waals surface area contributed by atoms with E-state index in [0.717, 1.165) is 6.08 Å². The largest absolute Gasteiger partial charge is 0.508 e. The van der Waals surface area contributed by atoms with Gasteiger partial charge in [0.15, 0.2) is 0 Å². The SMILES string of the molecule is C1CCNCC1.O=c1[nH]c(/C=C/c2cc(O)ccc2O)c([N+](=O)[O-])c(=O)[nH]1. The van der Waals surface area contributed by atoms with Crippen molar-refractivity contribution in [3.05, 3.63) is 60.4 Å². The number of nitro groups is 1. The number of benzene rings is 1. The molecule has 0 saturated carbocycles. The Morgan fingerprint density at radius 1 is 1.04 bits per heavy atom. The van der Waals surface area contributed by atoms with E-state index in [9.17, 15) is 29.9 Å². The Hall–Kier alpha value is -3.40. The summed E-state index contributed by atoms with van der Waals surface area (Å²) in [7, 11) is 0. The van der Waals surface area contributed by atoms with Gasteiger partial charge < -0.3 is 20.5 Å². The van der Waals surface area contributed by atoms with Crippen LogP contribution in [0.4, 0.5) is 5.69 Å². The van der Waals surface area contributed by atoms with E-state index >= 15 is 0 Å². The first-order valence-electron chi connectivity index (χ1n) is 8.30. The Labute approximate surface area is 153 Å². The molecule has 1 aromatic carbocycles. The summed E-state index contributed by atoms with van der Waals surface area (Å²) in [6, 6.07) is 3.69. The Kier molecular flexibility index (Phi) is 6.89. The second kappa shape index (κ2) is 9.34. The molecule has 2 heterocycles. The number of hydrogen-bond donors (Lipinski definition) is 5. The van der Waals surface area contributed by atoms with Crippen molar-refractivity contribution in [2.24, 2.45) is 0 Å². The molecule has 10 nitrogen and oxygen atoms in total. The van der Waals surface area contributed by atoms with Crippen molar-refractivity contribution < 1.29 is 15.1 Å². The molecule has 0 unspecified atom stereocenters. The van der Waals surface area contributed by atoms with Crippen molar-refractivity contribution in [3.8, 4) is 11.5 Å². The molecule has 1 aliphatic heterocycles. The minimum absolute atomic E-state index is 0.124. The van der Waals surface area contributed by atoms with Gasteiger partial charge in [0.2, 0.25) is 0 Å². The lowest BCUT2D eigenvalue weighted by atomic mass is 10.1. The predicted molar refractivity (Wildman–Crippen MR) is 99.8 cm³/mol. The second-order valence-electron chi connectivity index (χ2n) is 5.81. The molecule has 0 atom stereocenters. The van der Waals surface area contributed by atoms with Crippen LogP contribution < -0.4 is 16.6 Å². The maximum absolute atomic E-state index is 11.4. The summed E-state index contributed by atoms with van der Waals surface area (Å²) >= 11 is 0. The van der Waals surface area contributed by atoms with E-state index in [0.29, 0.717) is 0 Å². The molecule has 27 heavy (non-hydrogen) atoms. The van der Waals surface area contributed by atoms with Gasteiger partial charge in [-0.1, -0.05) is 6.42 Å². The first-order chi connectivity index (χ1) is 12.9. The number of piperidine rings is 1. The number of aromatic amines is 2. The predicted octanol–water partition coefficient (Wildman–Crippen LogP) is 1.31. The molecule has 1 saturated heterocycles. The maximum atomic E-state index is 11.4. The molecule has 3 rings (SSSR count). The lowest BCUT2D eigenvalue weighted by Crippen LogP contribution is -2.25. The molecule has 144 valence electrons. The third-order valence-electron chi connectivity index (χ3n) is 3.78. The van der Waals surface area contributed by atoms with Crippen LogP contribution >= 0.6 is 0 Å². The van der Waals surface area contributed by atoms with Crippen LogP contribution in [0.1, 0.15) is 30.5 Å². The van der Waals surface area contributed by atoms with Crippen LogP contribution in [0.2, 0.25) is 0 Å². The molecule has 0 bridgehead atoms. The van der Waals surface area contributed by atoms with Gasteiger partial charge in [-0.25, -0.2) is 4.79 Å². The van der Waals surface area contributed by atoms with Crippen LogP contribution in [0.3, 0.4) is 0 Å². The van der Waals surface area contributed by atoms with E-state index in [2.05, 4.69) is 10.3 Å². The van der Waals surface area contributed by atoms with Gasteiger partial charge in [0.05, 0.1) is 4.92 Å². The number of rotatable bonds is 3. The molecule has 2 aromatic rings. The molecule has 1 aliphatic rings. The van der Waals surface area contributed by atoms with Crippen LogP contribution in [0.15, 0.2) is 27.8 Å². The summed E-state index contributed by atoms with van der Waals surface area (Å²) in [6.45, 7) is 2.50. The van der Waals surface area contributed by atoms with Crippen LogP contribution in [0, 0.1) is 10.1 Å². The van der Waals surface area contributed by atoms with Crippen molar-refractivity contribution in [2.75, 3.05) is 13.1 Å². The number of nitrogens with zero attached hydrogens (tertiary/aromatic N) is 1. The Bertz CT molecular complexity index is 932. The molecule has 0 aliphatic carbocycles. The number of hydrogen-bond acceptors (Lipinski definition) is 7. The summed E-state index contributed by atoms with van der Waals surface area (Å²) in [5.74, 6) is -0.305. The maximum Gasteiger partial charge on any atom is 0.357 e. The minimum Gasteiger partial charge on any atom is -0.508 e. The third kappa shape index (κ3) is 5.82. The second-order valence-corrected chi connectivity index (χ2v) is 5.81. The number of aromatic hydroxyl groups is 2. The quantitative estimate of drug-likeness (QED) is 0.306. The molecule has 1 aromatic heterocycles. The molecule has 5 N–H and O–H groups in total. The number of phenols is 2. The van der Waals surface area contributed by atoms with E-state index in [1.165, 1.54) is 56.6 Å². The first kappa shape index (κ1) is 19.9. The lowest BCUT2D eigenvalue weighted by Gasteiger charge is -2.08. The fourth-order valence-electron chi connectivity index (χ4n) is 2.45. The molecule has 0 amide bonds. The van der Waals surface area contributed by atoms with E-state index < -0.39 is 21.9 Å². The van der Waals surface area contributed by atoms with Gasteiger partial charge in [-0.2, -0.15) is 0 Å². The molecule has 0 spiro atoms. The van der Waals surface area contributed by atoms with Crippen LogP contribution in [-0.4, -0.2) is 38.2 Å². The average Bonchev–Trinajstić information content (AvgIpc) is 2.63. The van der Waals surface area contributed by atoms with Gasteiger partial charge in [-0.05, 0) is 56.3 Å². The van der Waals surface area contributed by atoms with Crippen molar-refractivity contribution >= 4 is 17.8 Å². The van der Waals surface area contributed by atoms with E-state index in [-0.39, 0.29) is 22.8 Å². The van der Waals surface area contributed by atoms with E-state index in [4.69, 9.17) is 0 Å². The normalized spacial score (nSPS) is 13.8. The summed E-state index contributed by atoms with van der Waals surface area (Å²) < 4.78 is 0. The highest BCUT2D eigenvalue weighted by molar-refractivity contribution is 5.74. The number of phenolic OH excluding ortho intramolecular Hbond substituents is 2. The smallest absolute Gasteiger partial charge is 0.357 e. The van der Waals surface area contributed by atoms with E-state index in [1.54, 1.807) is 4.98 Å². The molecule has 0 radical (unpaired) electrons. The van der Waals surface area contributed by atoms with Gasteiger partial charge in [-0.15, -0.1) is 0 Å². The fraction of sp³-hybridized carbons (Fsp3) is 0.294.